The van der Waals surface area contributed by atoms with Crippen molar-refractivity contribution in [2.75, 3.05) is 6.54 Å². The van der Waals surface area contributed by atoms with Crippen LogP contribution in [0.2, 0.25) is 0 Å². The molecule has 1 saturated heterocycles. The molecule has 31 heavy (non-hydrogen) atoms. The van der Waals surface area contributed by atoms with E-state index in [2.05, 4.69) is 33.0 Å². The molecule has 4 aliphatic carbocycles. The summed E-state index contributed by atoms with van der Waals surface area (Å²) in [5, 5.41) is 36.0. The minimum absolute atomic E-state index is 0.198. The Morgan fingerprint density at radius 2 is 1.52 bits per heavy atom. The summed E-state index contributed by atoms with van der Waals surface area (Å²) in [6, 6.07) is 0.230. The van der Waals surface area contributed by atoms with E-state index in [-0.39, 0.29) is 35.7 Å². The van der Waals surface area contributed by atoms with E-state index in [1.54, 1.807) is 0 Å². The van der Waals surface area contributed by atoms with Gasteiger partial charge in [-0.25, -0.2) is 0 Å². The molecule has 13 atom stereocenters. The van der Waals surface area contributed by atoms with Gasteiger partial charge in [-0.1, -0.05) is 27.7 Å². The summed E-state index contributed by atoms with van der Waals surface area (Å²) in [5.41, 5.74) is 0.534. The first-order chi connectivity index (χ1) is 14.6. The van der Waals surface area contributed by atoms with E-state index in [1.807, 2.05) is 0 Å². The lowest BCUT2D eigenvalue weighted by molar-refractivity contribution is -0.173. The molecule has 0 aromatic rings. The zero-order chi connectivity index (χ0) is 22.1. The van der Waals surface area contributed by atoms with Gasteiger partial charge in [0.25, 0.3) is 0 Å². The van der Waals surface area contributed by atoms with Gasteiger partial charge >= 0.3 is 0 Å². The maximum absolute atomic E-state index is 11.2. The Bertz CT molecular complexity index is 671. The van der Waals surface area contributed by atoms with Crippen molar-refractivity contribution in [3.8, 4) is 0 Å². The molecule has 1 aliphatic heterocycles. The van der Waals surface area contributed by atoms with Crippen LogP contribution < -0.4 is 5.32 Å². The molecular formula is C27H47NO3. The van der Waals surface area contributed by atoms with Gasteiger partial charge in [0, 0.05) is 6.04 Å². The van der Waals surface area contributed by atoms with Gasteiger partial charge in [-0.3, -0.25) is 0 Å². The number of aliphatic hydroxyl groups is 3. The van der Waals surface area contributed by atoms with Gasteiger partial charge in [0.1, 0.15) is 0 Å². The number of hydrogen-bond acceptors (Lipinski definition) is 4. The molecule has 1 heterocycles. The fourth-order valence-corrected chi connectivity index (χ4v) is 10.1. The molecule has 0 aromatic carbocycles. The summed E-state index contributed by atoms with van der Waals surface area (Å²) in [6.07, 6.45) is 9.14. The van der Waals surface area contributed by atoms with Gasteiger partial charge < -0.3 is 20.6 Å². The Kier molecular flexibility index (Phi) is 5.81. The van der Waals surface area contributed by atoms with Crippen LogP contribution in [0.15, 0.2) is 0 Å². The lowest BCUT2D eigenvalue weighted by Crippen LogP contribution is -2.59. The fraction of sp³-hybridized carbons (Fsp3) is 1.00. The van der Waals surface area contributed by atoms with E-state index in [9.17, 15) is 15.3 Å². The molecule has 0 radical (unpaired) electrons. The van der Waals surface area contributed by atoms with Crippen LogP contribution in [0.25, 0.3) is 0 Å². The zero-order valence-corrected chi connectivity index (χ0v) is 20.3. The standard InChI is InChI=1S/C27H47NO3/c1-15-11-24(31)25(28-14-15)16(2)19-5-6-20-18-13-23(30)22-12-17(29)7-9-27(22,4)21(18)8-10-26(19,20)3/h15-25,28-31H,5-14H2,1-4H3. The summed E-state index contributed by atoms with van der Waals surface area (Å²) in [4.78, 5) is 0. The largest absolute Gasteiger partial charge is 0.393 e. The molecule has 4 nitrogen and oxygen atoms in total. The molecule has 178 valence electrons. The van der Waals surface area contributed by atoms with Crippen molar-refractivity contribution in [1.29, 1.82) is 0 Å². The quantitative estimate of drug-likeness (QED) is 0.532. The summed E-state index contributed by atoms with van der Waals surface area (Å²) in [5.74, 6) is 4.04. The first kappa shape index (κ1) is 22.6. The molecule has 5 rings (SSSR count). The van der Waals surface area contributed by atoms with Crippen molar-refractivity contribution in [2.24, 2.45) is 52.3 Å². The zero-order valence-electron chi connectivity index (χ0n) is 20.3. The van der Waals surface area contributed by atoms with Crippen molar-refractivity contribution in [2.45, 2.75) is 110 Å². The van der Waals surface area contributed by atoms with Crippen molar-refractivity contribution in [3.05, 3.63) is 0 Å². The molecule has 0 aromatic heterocycles. The minimum atomic E-state index is -0.247. The van der Waals surface area contributed by atoms with Crippen LogP contribution in [-0.2, 0) is 0 Å². The maximum Gasteiger partial charge on any atom is 0.0698 e. The number of aliphatic hydroxyl groups excluding tert-OH is 3. The highest BCUT2D eigenvalue weighted by atomic mass is 16.3. The van der Waals surface area contributed by atoms with Crippen LogP contribution in [-0.4, -0.2) is 46.2 Å². The average Bonchev–Trinajstić information content (AvgIpc) is 3.06. The second-order valence-electron chi connectivity index (χ2n) is 13.2. The van der Waals surface area contributed by atoms with Gasteiger partial charge in [-0.05, 0) is 117 Å². The Balaban J connectivity index is 1.37. The number of fused-ring (bicyclic) bond motifs is 5. The molecule has 0 spiro atoms. The summed E-state index contributed by atoms with van der Waals surface area (Å²) < 4.78 is 0. The van der Waals surface area contributed by atoms with Crippen LogP contribution in [0.1, 0.15) is 85.5 Å². The molecule has 4 heteroatoms. The van der Waals surface area contributed by atoms with Crippen LogP contribution in [0, 0.1) is 52.3 Å². The third kappa shape index (κ3) is 3.45. The summed E-state index contributed by atoms with van der Waals surface area (Å²) in [7, 11) is 0. The molecule has 4 N–H and O–H groups in total. The van der Waals surface area contributed by atoms with E-state index >= 15 is 0 Å². The second kappa shape index (κ2) is 7.96. The fourth-order valence-electron chi connectivity index (χ4n) is 10.1. The third-order valence-corrected chi connectivity index (χ3v) is 11.7. The first-order valence-corrected chi connectivity index (χ1v) is 13.4. The lowest BCUT2D eigenvalue weighted by Gasteiger charge is -2.62. The smallest absolute Gasteiger partial charge is 0.0698 e. The molecule has 13 unspecified atom stereocenters. The summed E-state index contributed by atoms with van der Waals surface area (Å²) in [6.45, 7) is 10.7. The Labute approximate surface area is 189 Å². The van der Waals surface area contributed by atoms with Gasteiger partial charge in [-0.2, -0.15) is 0 Å². The van der Waals surface area contributed by atoms with Gasteiger partial charge in [0.2, 0.25) is 0 Å². The highest BCUT2D eigenvalue weighted by Gasteiger charge is 2.62. The molecular weight excluding hydrogens is 386 g/mol. The monoisotopic (exact) mass is 433 g/mol. The van der Waals surface area contributed by atoms with E-state index in [4.69, 9.17) is 0 Å². The number of rotatable bonds is 2. The van der Waals surface area contributed by atoms with Gasteiger partial charge in [0.05, 0.1) is 18.3 Å². The van der Waals surface area contributed by atoms with Crippen LogP contribution in [0.3, 0.4) is 0 Å². The normalized spacial score (nSPS) is 58.2. The first-order valence-electron chi connectivity index (χ1n) is 13.4. The molecule has 0 amide bonds. The number of hydrogen-bond donors (Lipinski definition) is 4. The van der Waals surface area contributed by atoms with E-state index in [0.29, 0.717) is 40.9 Å². The van der Waals surface area contributed by atoms with Gasteiger partial charge in [-0.15, -0.1) is 0 Å². The van der Waals surface area contributed by atoms with E-state index in [1.165, 1.54) is 25.7 Å². The lowest BCUT2D eigenvalue weighted by atomic mass is 9.43. The topological polar surface area (TPSA) is 72.7 Å². The maximum atomic E-state index is 11.2. The Morgan fingerprint density at radius 1 is 0.806 bits per heavy atom. The van der Waals surface area contributed by atoms with Crippen LogP contribution >= 0.6 is 0 Å². The summed E-state index contributed by atoms with van der Waals surface area (Å²) >= 11 is 0. The van der Waals surface area contributed by atoms with Gasteiger partial charge in [0.15, 0.2) is 0 Å². The Hall–Kier alpha value is -0.160. The van der Waals surface area contributed by atoms with Crippen molar-refractivity contribution < 1.29 is 15.3 Å². The Morgan fingerprint density at radius 3 is 2.26 bits per heavy atom. The predicted octanol–water partition coefficient (Wildman–Crippen LogP) is 3.97. The molecule has 0 bridgehead atoms. The minimum Gasteiger partial charge on any atom is -0.393 e. The van der Waals surface area contributed by atoms with Crippen LogP contribution in [0.5, 0.6) is 0 Å². The molecule has 5 aliphatic rings. The highest BCUT2D eigenvalue weighted by Crippen LogP contribution is 2.68. The van der Waals surface area contributed by atoms with Crippen LogP contribution in [0.4, 0.5) is 0 Å². The second-order valence-corrected chi connectivity index (χ2v) is 13.2. The van der Waals surface area contributed by atoms with E-state index < -0.39 is 0 Å². The predicted molar refractivity (Wildman–Crippen MR) is 123 cm³/mol. The van der Waals surface area contributed by atoms with E-state index in [0.717, 1.165) is 38.6 Å². The third-order valence-electron chi connectivity index (χ3n) is 11.7. The number of piperidine rings is 1. The highest BCUT2D eigenvalue weighted by molar-refractivity contribution is 5.12. The molecule has 4 saturated carbocycles. The number of nitrogens with one attached hydrogen (secondary N) is 1. The SMILES string of the molecule is CC1CNC(C(C)C2CCC3C4CC(O)C5CC(O)CCC5(C)C4CCC23C)C(O)C1. The molecule has 5 fully saturated rings. The van der Waals surface area contributed by atoms with Crippen molar-refractivity contribution >= 4 is 0 Å². The van der Waals surface area contributed by atoms with Crippen molar-refractivity contribution in [3.63, 3.8) is 0 Å². The van der Waals surface area contributed by atoms with Crippen molar-refractivity contribution in [1.82, 2.24) is 5.32 Å². The average molecular weight is 434 g/mol.